The van der Waals surface area contributed by atoms with Gasteiger partial charge < -0.3 is 14.9 Å². The molecule has 0 aromatic carbocycles. The minimum absolute atomic E-state index is 0.0526. The van der Waals surface area contributed by atoms with Crippen LogP contribution in [-0.4, -0.2) is 29.5 Å². The van der Waals surface area contributed by atoms with Crippen LogP contribution < -0.4 is 0 Å². The molecule has 0 radical (unpaired) electrons. The fourth-order valence-electron chi connectivity index (χ4n) is 7.52. The van der Waals surface area contributed by atoms with Gasteiger partial charge >= 0.3 is 0 Å². The number of methoxy groups -OCH3 is 1. The summed E-state index contributed by atoms with van der Waals surface area (Å²) in [7, 11) is 1.78. The van der Waals surface area contributed by atoms with Crippen molar-refractivity contribution >= 4 is 0 Å². The molecule has 0 bridgehead atoms. The van der Waals surface area contributed by atoms with Crippen LogP contribution in [-0.2, 0) is 4.74 Å². The summed E-state index contributed by atoms with van der Waals surface area (Å²) in [6.45, 7) is 2.22. The molecule has 132 valence electrons. The minimum Gasteiger partial charge on any atom is -0.501 e. The number of fused-ring (bicyclic) bond motifs is 7. The molecule has 5 aliphatic rings. The summed E-state index contributed by atoms with van der Waals surface area (Å²) in [6.07, 6.45) is 11.6. The first-order chi connectivity index (χ1) is 11.5. The molecular weight excluding hydrogens is 300 g/mol. The van der Waals surface area contributed by atoms with E-state index in [0.29, 0.717) is 29.6 Å². The van der Waals surface area contributed by atoms with Gasteiger partial charge in [0.15, 0.2) is 0 Å². The summed E-state index contributed by atoms with van der Waals surface area (Å²) in [5, 5.41) is 21.2. The minimum atomic E-state index is -0.826. The quantitative estimate of drug-likeness (QED) is 0.817. The van der Waals surface area contributed by atoms with E-state index in [0.717, 1.165) is 37.4 Å². The van der Waals surface area contributed by atoms with Crippen LogP contribution >= 0.6 is 0 Å². The van der Waals surface area contributed by atoms with E-state index >= 15 is 0 Å². The Morgan fingerprint density at radius 2 is 2.08 bits per heavy atom. The van der Waals surface area contributed by atoms with E-state index < -0.39 is 5.60 Å². The first kappa shape index (κ1) is 15.5. The van der Waals surface area contributed by atoms with E-state index in [1.807, 2.05) is 0 Å². The average molecular weight is 330 g/mol. The number of aliphatic hydroxyl groups is 2. The van der Waals surface area contributed by atoms with Crippen LogP contribution in [0, 0.1) is 40.9 Å². The molecule has 5 rings (SSSR count). The van der Waals surface area contributed by atoms with Crippen LogP contribution in [0.4, 0.5) is 0 Å². The zero-order valence-electron chi connectivity index (χ0n) is 14.9. The fraction of sp³-hybridized carbons (Fsp3) is 0.810. The van der Waals surface area contributed by atoms with Gasteiger partial charge in [-0.25, -0.2) is 0 Å². The van der Waals surface area contributed by atoms with Gasteiger partial charge in [0.2, 0.25) is 0 Å². The molecule has 3 fully saturated rings. The van der Waals surface area contributed by atoms with E-state index in [9.17, 15) is 10.2 Å². The smallest absolute Gasteiger partial charge is 0.0964 e. The second kappa shape index (κ2) is 4.88. The van der Waals surface area contributed by atoms with Gasteiger partial charge in [0.05, 0.1) is 25.1 Å². The van der Waals surface area contributed by atoms with Crippen LogP contribution in [0.5, 0.6) is 0 Å². The molecule has 2 N–H and O–H groups in total. The van der Waals surface area contributed by atoms with Crippen molar-refractivity contribution < 1.29 is 14.9 Å². The van der Waals surface area contributed by atoms with Crippen LogP contribution in [0.15, 0.2) is 23.5 Å². The van der Waals surface area contributed by atoms with Gasteiger partial charge in [0.1, 0.15) is 0 Å². The molecule has 0 saturated heterocycles. The summed E-state index contributed by atoms with van der Waals surface area (Å²) >= 11 is 0. The van der Waals surface area contributed by atoms with Gasteiger partial charge in [-0.2, -0.15) is 0 Å². The monoisotopic (exact) mass is 330 g/mol. The van der Waals surface area contributed by atoms with Crippen LogP contribution in [0.3, 0.4) is 0 Å². The lowest BCUT2D eigenvalue weighted by Crippen LogP contribution is -2.56. The highest BCUT2D eigenvalue weighted by molar-refractivity contribution is 5.33. The Morgan fingerprint density at radius 3 is 2.83 bits per heavy atom. The van der Waals surface area contributed by atoms with Crippen LogP contribution in [0.2, 0.25) is 0 Å². The molecule has 0 heterocycles. The van der Waals surface area contributed by atoms with Crippen molar-refractivity contribution in [1.82, 2.24) is 0 Å². The van der Waals surface area contributed by atoms with E-state index in [2.05, 4.69) is 19.1 Å². The lowest BCUT2D eigenvalue weighted by Gasteiger charge is -2.56. The van der Waals surface area contributed by atoms with Crippen molar-refractivity contribution in [3.63, 3.8) is 0 Å². The van der Waals surface area contributed by atoms with Crippen molar-refractivity contribution in [3.05, 3.63) is 23.5 Å². The Bertz CT molecular complexity index is 623. The van der Waals surface area contributed by atoms with Crippen LogP contribution in [0.1, 0.15) is 45.4 Å². The van der Waals surface area contributed by atoms with Gasteiger partial charge in [-0.1, -0.05) is 13.0 Å². The third-order valence-corrected chi connectivity index (χ3v) is 8.75. The maximum atomic E-state index is 11.3. The van der Waals surface area contributed by atoms with Crippen molar-refractivity contribution in [2.24, 2.45) is 40.9 Å². The third-order valence-electron chi connectivity index (χ3n) is 8.75. The lowest BCUT2D eigenvalue weighted by molar-refractivity contribution is -0.156. The van der Waals surface area contributed by atoms with Gasteiger partial charge in [-0.3, -0.25) is 0 Å². The largest absolute Gasteiger partial charge is 0.501 e. The van der Waals surface area contributed by atoms with Gasteiger partial charge in [-0.05, 0) is 79.3 Å². The Balaban J connectivity index is 1.50. The SMILES string of the molecule is COC1=CC2=CCC3C(CC[C@@]4(C)C3[C@@H]3C[C@@H]3C4(O)CO)[C@H]2CC1. The molecule has 0 aromatic heterocycles. The summed E-state index contributed by atoms with van der Waals surface area (Å²) in [6, 6.07) is 0. The lowest BCUT2D eigenvalue weighted by atomic mass is 9.50. The van der Waals surface area contributed by atoms with Crippen molar-refractivity contribution in [2.45, 2.75) is 51.0 Å². The number of hydrogen-bond donors (Lipinski definition) is 2. The predicted octanol–water partition coefficient (Wildman–Crippen LogP) is 3.28. The van der Waals surface area contributed by atoms with E-state index in [-0.39, 0.29) is 12.0 Å². The van der Waals surface area contributed by atoms with Crippen molar-refractivity contribution in [1.29, 1.82) is 0 Å². The first-order valence-electron chi connectivity index (χ1n) is 9.81. The Kier molecular flexibility index (Phi) is 3.14. The zero-order chi connectivity index (χ0) is 16.7. The molecule has 5 aliphatic carbocycles. The summed E-state index contributed by atoms with van der Waals surface area (Å²) in [5.41, 5.74) is 0.600. The average Bonchev–Trinajstić information content (AvgIpc) is 3.36. The molecular formula is C21H30O3. The fourth-order valence-corrected chi connectivity index (χ4v) is 7.52. The molecule has 0 amide bonds. The molecule has 3 heteroatoms. The Labute approximate surface area is 144 Å². The normalized spacial score (nSPS) is 54.7. The number of allylic oxidation sites excluding steroid dienone is 4. The molecule has 24 heavy (non-hydrogen) atoms. The number of aliphatic hydroxyl groups excluding tert-OH is 1. The van der Waals surface area contributed by atoms with E-state index in [1.165, 1.54) is 18.4 Å². The Morgan fingerprint density at radius 1 is 1.25 bits per heavy atom. The zero-order valence-corrected chi connectivity index (χ0v) is 14.9. The summed E-state index contributed by atoms with van der Waals surface area (Å²) in [4.78, 5) is 0. The first-order valence-corrected chi connectivity index (χ1v) is 9.81. The topological polar surface area (TPSA) is 49.7 Å². The number of hydrogen-bond acceptors (Lipinski definition) is 3. The third kappa shape index (κ3) is 1.71. The second-order valence-electron chi connectivity index (χ2n) is 9.30. The van der Waals surface area contributed by atoms with E-state index in [1.54, 1.807) is 7.11 Å². The highest BCUT2D eigenvalue weighted by atomic mass is 16.5. The molecule has 4 unspecified atom stereocenters. The van der Waals surface area contributed by atoms with E-state index in [4.69, 9.17) is 4.74 Å². The van der Waals surface area contributed by atoms with Gasteiger partial charge in [0.25, 0.3) is 0 Å². The maximum Gasteiger partial charge on any atom is 0.0964 e. The summed E-state index contributed by atoms with van der Waals surface area (Å²) in [5.74, 6) is 4.90. The molecule has 0 spiro atoms. The predicted molar refractivity (Wildman–Crippen MR) is 92.0 cm³/mol. The molecule has 3 nitrogen and oxygen atoms in total. The maximum absolute atomic E-state index is 11.3. The Hall–Kier alpha value is -0.800. The highest BCUT2D eigenvalue weighted by Gasteiger charge is 2.75. The molecule has 8 atom stereocenters. The number of rotatable bonds is 2. The van der Waals surface area contributed by atoms with Gasteiger partial charge in [-0.15, -0.1) is 0 Å². The van der Waals surface area contributed by atoms with Crippen molar-refractivity contribution in [3.8, 4) is 0 Å². The second-order valence-corrected chi connectivity index (χ2v) is 9.30. The highest BCUT2D eigenvalue weighted by Crippen LogP contribution is 2.75. The van der Waals surface area contributed by atoms with Crippen molar-refractivity contribution in [2.75, 3.05) is 13.7 Å². The standard InChI is InChI=1S/C21H30O3/c1-20-8-7-15-14-6-4-13(24-2)9-12(14)3-5-16(15)19(20)17-10-18(17)21(20,23)11-22/h3,9,14-19,22-23H,4-8,10-11H2,1-2H3/t14-,15?,16?,17+,18-,19?,20-,21?/m0/s1. The molecule has 3 saturated carbocycles. The molecule has 0 aromatic rings. The van der Waals surface area contributed by atoms with Gasteiger partial charge in [0, 0.05) is 11.8 Å². The number of ether oxygens (including phenoxy) is 1. The molecule has 0 aliphatic heterocycles. The van der Waals surface area contributed by atoms with Crippen LogP contribution in [0.25, 0.3) is 0 Å². The summed E-state index contributed by atoms with van der Waals surface area (Å²) < 4.78 is 5.49.